The summed E-state index contributed by atoms with van der Waals surface area (Å²) in [6, 6.07) is 22.7. The summed E-state index contributed by atoms with van der Waals surface area (Å²) < 4.78 is 0. The summed E-state index contributed by atoms with van der Waals surface area (Å²) in [4.78, 5) is 4.37. The van der Waals surface area contributed by atoms with E-state index in [-0.39, 0.29) is 5.75 Å². The second-order valence-electron chi connectivity index (χ2n) is 4.92. The fourth-order valence-electron chi connectivity index (χ4n) is 2.21. The number of halogens is 3. The molecule has 0 bridgehead atoms. The third-order valence-corrected chi connectivity index (χ3v) is 3.52. The van der Waals surface area contributed by atoms with Gasteiger partial charge < -0.3 is 5.11 Å². The van der Waals surface area contributed by atoms with Gasteiger partial charge in [0.15, 0.2) is 0 Å². The Labute approximate surface area is 168 Å². The van der Waals surface area contributed by atoms with Crippen LogP contribution in [-0.2, 0) is 17.0 Å². The Morgan fingerprint density at radius 2 is 1.44 bits per heavy atom. The molecule has 0 atom stereocenters. The summed E-state index contributed by atoms with van der Waals surface area (Å²) >= 11 is 5.63. The molecule has 0 saturated carbocycles. The summed E-state index contributed by atoms with van der Waals surface area (Å²) in [6.45, 7) is 0. The molecule has 0 aliphatic heterocycles. The number of hydrogen-bond donors (Lipinski definition) is 1. The van der Waals surface area contributed by atoms with Crippen LogP contribution in [0.15, 0.2) is 77.8 Å². The van der Waals surface area contributed by atoms with E-state index in [2.05, 4.69) is 4.99 Å². The first kappa shape index (κ1) is 20.0. The molecule has 0 amide bonds. The van der Waals surface area contributed by atoms with E-state index in [1.165, 1.54) is 0 Å². The maximum atomic E-state index is 10.5. The predicted octanol–water partition coefficient (Wildman–Crippen LogP) is 6.84. The number of aromatic hydroxyl groups is 1. The summed E-state index contributed by atoms with van der Waals surface area (Å²) in [5.74, 6) is 0.176. The van der Waals surface area contributed by atoms with Gasteiger partial charge in [-0.2, -0.15) is 0 Å². The Hall–Kier alpha value is -1.29. The molecule has 0 saturated heterocycles. The minimum absolute atomic E-state index is 0.176. The van der Waals surface area contributed by atoms with Gasteiger partial charge >= 0.3 is 35.6 Å². The van der Waals surface area contributed by atoms with Crippen LogP contribution in [0.1, 0.15) is 5.56 Å². The topological polar surface area (TPSA) is 32.6 Å². The van der Waals surface area contributed by atoms with Gasteiger partial charge in [0.1, 0.15) is 5.75 Å². The number of rotatable bonds is 3. The second-order valence-corrected chi connectivity index (χ2v) is 7.94. The van der Waals surface area contributed by atoms with E-state index < -0.39 is 17.0 Å². The van der Waals surface area contributed by atoms with Gasteiger partial charge in [0.2, 0.25) is 0 Å². The fourth-order valence-corrected chi connectivity index (χ4v) is 2.44. The van der Waals surface area contributed by atoms with Gasteiger partial charge in [0.05, 0.1) is 5.69 Å². The van der Waals surface area contributed by atoms with Crippen molar-refractivity contribution in [2.45, 2.75) is 0 Å². The van der Waals surface area contributed by atoms with E-state index in [1.807, 2.05) is 60.7 Å². The predicted molar refractivity (Wildman–Crippen MR) is 104 cm³/mol. The molecule has 25 heavy (non-hydrogen) atoms. The zero-order chi connectivity index (χ0) is 18.1. The second kappa shape index (κ2) is 10.6. The van der Waals surface area contributed by atoms with Crippen LogP contribution in [0.4, 0.5) is 5.69 Å². The molecule has 0 aliphatic rings. The Morgan fingerprint density at radius 3 is 2.04 bits per heavy atom. The Bertz CT molecular complexity index is 827. The summed E-state index contributed by atoms with van der Waals surface area (Å²) in [5, 5.41) is 11.1. The van der Waals surface area contributed by atoms with Crippen molar-refractivity contribution in [3.63, 3.8) is 0 Å². The molecule has 3 aromatic rings. The first-order valence-electron chi connectivity index (χ1n) is 7.29. The standard InChI is InChI=1S/C19H14ClNO.2ClH.Ti/c20-16-11-15(13-21-17-9-5-2-6-10-17)19(22)18(12-16)14-7-3-1-4-8-14;;;/h1-13,22H;2*1H;/q;;;+2/p-2. The van der Waals surface area contributed by atoms with Gasteiger partial charge in [0.25, 0.3) is 0 Å². The van der Waals surface area contributed by atoms with Crippen molar-refractivity contribution in [3.05, 3.63) is 83.4 Å². The molecule has 2 nitrogen and oxygen atoms in total. The van der Waals surface area contributed by atoms with E-state index >= 15 is 0 Å². The van der Waals surface area contributed by atoms with Gasteiger partial charge in [-0.1, -0.05) is 60.1 Å². The van der Waals surface area contributed by atoms with Crippen molar-refractivity contribution in [1.29, 1.82) is 0 Å². The molecule has 0 spiro atoms. The van der Waals surface area contributed by atoms with Gasteiger partial charge in [-0.05, 0) is 29.8 Å². The molecule has 0 aromatic heterocycles. The van der Waals surface area contributed by atoms with Crippen molar-refractivity contribution in [2.75, 3.05) is 0 Å². The summed E-state index contributed by atoms with van der Waals surface area (Å²) in [5.41, 5.74) is 3.03. The van der Waals surface area contributed by atoms with Crippen LogP contribution >= 0.6 is 30.2 Å². The van der Waals surface area contributed by atoms with Crippen LogP contribution < -0.4 is 0 Å². The fraction of sp³-hybridized carbons (Fsp3) is 0. The van der Waals surface area contributed by atoms with Crippen LogP contribution in [0.5, 0.6) is 5.75 Å². The molecule has 6 heteroatoms. The van der Waals surface area contributed by atoms with E-state index in [9.17, 15) is 5.11 Å². The summed E-state index contributed by atoms with van der Waals surface area (Å²) in [7, 11) is 9.78. The zero-order valence-corrected chi connectivity index (χ0v) is 16.9. The third kappa shape index (κ3) is 6.18. The molecule has 0 aliphatic carbocycles. The van der Waals surface area contributed by atoms with Crippen LogP contribution in [0.2, 0.25) is 5.02 Å². The van der Waals surface area contributed by atoms with Crippen LogP contribution in [0.3, 0.4) is 0 Å². The van der Waals surface area contributed by atoms with E-state index in [1.54, 1.807) is 18.3 Å². The monoisotopic (exact) mass is 425 g/mol. The molecule has 0 fully saturated rings. The average molecular weight is 427 g/mol. The molecule has 0 radical (unpaired) electrons. The number of hydrogen-bond acceptors (Lipinski definition) is 2. The third-order valence-electron chi connectivity index (χ3n) is 3.30. The van der Waals surface area contributed by atoms with Crippen molar-refractivity contribution in [1.82, 2.24) is 0 Å². The molecule has 126 valence electrons. The number of phenols is 1. The molecule has 1 N–H and O–H groups in total. The first-order chi connectivity index (χ1) is 12.2. The molecule has 3 rings (SSSR count). The van der Waals surface area contributed by atoms with E-state index in [0.29, 0.717) is 16.1 Å². The average Bonchev–Trinajstić information content (AvgIpc) is 2.64. The normalized spacial score (nSPS) is 10.2. The van der Waals surface area contributed by atoms with Crippen LogP contribution in [0, 0.1) is 0 Å². The van der Waals surface area contributed by atoms with Gasteiger partial charge in [-0.15, -0.1) is 0 Å². The number of para-hydroxylation sites is 1. The summed E-state index contributed by atoms with van der Waals surface area (Å²) in [6.07, 6.45) is 1.63. The van der Waals surface area contributed by atoms with Crippen LogP contribution in [-0.4, -0.2) is 11.3 Å². The number of nitrogens with zero attached hydrogens (tertiary/aromatic N) is 1. The molecular formula is C19H14Cl3NOTi. The number of aliphatic imine (C=N–C) groups is 1. The van der Waals surface area contributed by atoms with Gasteiger partial charge in [-0.25, -0.2) is 0 Å². The van der Waals surface area contributed by atoms with E-state index in [4.69, 9.17) is 30.2 Å². The SMILES string of the molecule is Oc1c(C=Nc2ccccc2)cc(Cl)cc1-c1ccccc1.[Cl][Ti][Cl]. The van der Waals surface area contributed by atoms with Crippen molar-refractivity contribution >= 4 is 42.1 Å². The molecule has 3 aromatic carbocycles. The van der Waals surface area contributed by atoms with Gasteiger partial charge in [-0.3, -0.25) is 4.99 Å². The Balaban J connectivity index is 0.000000701. The van der Waals surface area contributed by atoms with Crippen LogP contribution in [0.25, 0.3) is 11.1 Å². The molecular weight excluding hydrogens is 412 g/mol. The Morgan fingerprint density at radius 1 is 0.880 bits per heavy atom. The van der Waals surface area contributed by atoms with Crippen molar-refractivity contribution in [3.8, 4) is 16.9 Å². The molecule has 0 unspecified atom stereocenters. The number of benzene rings is 3. The van der Waals surface area contributed by atoms with Crippen molar-refractivity contribution in [2.24, 2.45) is 4.99 Å². The quantitative estimate of drug-likeness (QED) is 0.361. The maximum absolute atomic E-state index is 10.5. The van der Waals surface area contributed by atoms with Gasteiger partial charge in [0, 0.05) is 22.4 Å². The zero-order valence-electron chi connectivity index (χ0n) is 13.0. The minimum atomic E-state index is -0.556. The number of phenolic OH excluding ortho intramolecular Hbond substituents is 1. The first-order valence-corrected chi connectivity index (χ1v) is 12.0. The van der Waals surface area contributed by atoms with E-state index in [0.717, 1.165) is 11.3 Å². The Kier molecular flexibility index (Phi) is 8.53. The molecule has 0 heterocycles. The van der Waals surface area contributed by atoms with Crippen molar-refractivity contribution < 1.29 is 22.1 Å².